The monoisotopic (exact) mass is 622 g/mol. The minimum absolute atomic E-state index is 0.142. The van der Waals surface area contributed by atoms with E-state index in [1.165, 1.54) is 29.6 Å². The Hall–Kier alpha value is -2.82. The number of nitrogens with one attached hydrogen (secondary N) is 2. The first kappa shape index (κ1) is 30.1. The van der Waals surface area contributed by atoms with Gasteiger partial charge < -0.3 is 10.6 Å². The van der Waals surface area contributed by atoms with Gasteiger partial charge in [0.1, 0.15) is 6.04 Å². The Morgan fingerprint density at radius 2 is 1.43 bits per heavy atom. The molecule has 0 spiro atoms. The molecule has 1 aliphatic rings. The molecule has 0 saturated carbocycles. The molecule has 0 radical (unpaired) electrons. The normalized spacial score (nSPS) is 14.9. The van der Waals surface area contributed by atoms with E-state index in [4.69, 9.17) is 34.8 Å². The number of sulfonamides is 1. The van der Waals surface area contributed by atoms with E-state index in [2.05, 4.69) is 15.5 Å². The molecule has 4 rings (SSSR count). The van der Waals surface area contributed by atoms with Gasteiger partial charge in [0, 0.05) is 40.8 Å². The largest absolute Gasteiger partial charge is 0.357 e. The summed E-state index contributed by atoms with van der Waals surface area (Å²) < 4.78 is 27.4. The molecule has 3 aromatic carbocycles. The minimum atomic E-state index is -3.75. The van der Waals surface area contributed by atoms with Crippen LogP contribution in [0.4, 0.5) is 5.69 Å². The zero-order valence-electron chi connectivity index (χ0n) is 22.1. The van der Waals surface area contributed by atoms with Crippen molar-refractivity contribution < 1.29 is 18.0 Å². The van der Waals surface area contributed by atoms with Gasteiger partial charge in [0.15, 0.2) is 0 Å². The van der Waals surface area contributed by atoms with Gasteiger partial charge in [-0.2, -0.15) is 0 Å². The molecular weight excluding hydrogens is 595 g/mol. The second-order valence-electron chi connectivity index (χ2n) is 9.68. The Morgan fingerprint density at radius 3 is 1.90 bits per heavy atom. The van der Waals surface area contributed by atoms with Crippen LogP contribution in [0.1, 0.15) is 34.5 Å². The van der Waals surface area contributed by atoms with Crippen LogP contribution in [0.15, 0.2) is 66.7 Å². The first-order chi connectivity index (χ1) is 18.9. The first-order valence-corrected chi connectivity index (χ1v) is 15.4. The number of hydrogen-bond donors (Lipinski definition) is 2. The first-order valence-electron chi connectivity index (χ1n) is 12.4. The summed E-state index contributed by atoms with van der Waals surface area (Å²) in [4.78, 5) is 26.9. The van der Waals surface area contributed by atoms with Gasteiger partial charge in [-0.1, -0.05) is 59.1 Å². The number of halogens is 3. The fraction of sp³-hybridized carbons (Fsp3) is 0.286. The quantitative estimate of drug-likeness (QED) is 0.359. The van der Waals surface area contributed by atoms with Crippen molar-refractivity contribution in [1.29, 1.82) is 0 Å². The highest BCUT2D eigenvalue weighted by Crippen LogP contribution is 2.37. The van der Waals surface area contributed by atoms with Gasteiger partial charge in [-0.15, -0.1) is 0 Å². The number of likely N-dealkylation sites (tertiary alicyclic amines) is 1. The Morgan fingerprint density at radius 1 is 0.900 bits per heavy atom. The van der Waals surface area contributed by atoms with Crippen molar-refractivity contribution in [2.45, 2.75) is 25.0 Å². The molecule has 40 heavy (non-hydrogen) atoms. The number of carbonyl (C=O) groups excluding carboxylic acids is 2. The average molecular weight is 624 g/mol. The highest BCUT2D eigenvalue weighted by atomic mass is 35.5. The van der Waals surface area contributed by atoms with Gasteiger partial charge in [-0.05, 0) is 60.5 Å². The SMILES string of the molecule is CNC(=O)[C@H](C)NC(=O)c1cc(Cl)cc(N(C2CN(C(c3ccc(Cl)cc3)c3ccc(Cl)cc3)C2)S(C)(=O)=O)c1. The zero-order chi connectivity index (χ0) is 29.2. The average Bonchev–Trinajstić information content (AvgIpc) is 2.87. The van der Waals surface area contributed by atoms with Gasteiger partial charge in [0.2, 0.25) is 15.9 Å². The van der Waals surface area contributed by atoms with Crippen molar-refractivity contribution in [2.75, 3.05) is 30.7 Å². The number of carbonyl (C=O) groups is 2. The number of rotatable bonds is 9. The number of benzene rings is 3. The lowest BCUT2D eigenvalue weighted by Crippen LogP contribution is -2.61. The van der Waals surface area contributed by atoms with Crippen molar-refractivity contribution >= 4 is 62.3 Å². The topological polar surface area (TPSA) is 98.8 Å². The highest BCUT2D eigenvalue weighted by Gasteiger charge is 2.41. The van der Waals surface area contributed by atoms with Crippen LogP contribution in [0.5, 0.6) is 0 Å². The number of hydrogen-bond acceptors (Lipinski definition) is 5. The lowest BCUT2D eigenvalue weighted by atomic mass is 9.93. The van der Waals surface area contributed by atoms with E-state index < -0.39 is 28.0 Å². The smallest absolute Gasteiger partial charge is 0.252 e. The fourth-order valence-corrected chi connectivity index (χ4v) is 6.46. The van der Waals surface area contributed by atoms with E-state index in [-0.39, 0.29) is 28.2 Å². The molecule has 1 heterocycles. The molecule has 0 aliphatic carbocycles. The predicted octanol–water partition coefficient (Wildman–Crippen LogP) is 4.75. The molecule has 1 aliphatic heterocycles. The van der Waals surface area contributed by atoms with Crippen LogP contribution in [0.2, 0.25) is 15.1 Å². The summed E-state index contributed by atoms with van der Waals surface area (Å²) in [6, 6.07) is 18.2. The number of nitrogens with zero attached hydrogens (tertiary/aromatic N) is 2. The summed E-state index contributed by atoms with van der Waals surface area (Å²) >= 11 is 18.6. The zero-order valence-corrected chi connectivity index (χ0v) is 25.2. The Labute approximate surface area is 249 Å². The standard InChI is InChI=1S/C28H29Cl3N4O4S/c1-17(27(36)32-2)33-28(37)20-12-23(31)14-24(13-20)35(40(3,38)39)25-15-34(16-25)26(18-4-8-21(29)9-5-18)19-6-10-22(30)11-7-19/h4-14,17,25-26H,15-16H2,1-3H3,(H,32,36)(H,33,37)/t17-/m0/s1. The lowest BCUT2D eigenvalue weighted by Gasteiger charge is -2.48. The molecule has 2 N–H and O–H groups in total. The van der Waals surface area contributed by atoms with Crippen LogP contribution in [0.25, 0.3) is 0 Å². The molecule has 1 atom stereocenters. The van der Waals surface area contributed by atoms with Crippen molar-refractivity contribution in [3.8, 4) is 0 Å². The maximum absolute atomic E-state index is 13.0. The molecule has 1 saturated heterocycles. The number of amides is 2. The molecule has 3 aromatic rings. The van der Waals surface area contributed by atoms with E-state index in [1.54, 1.807) is 6.92 Å². The third-order valence-corrected chi connectivity index (χ3v) is 8.65. The predicted molar refractivity (Wildman–Crippen MR) is 160 cm³/mol. The number of likely N-dealkylation sites (N-methyl/N-ethyl adjacent to an activating group) is 1. The number of anilines is 1. The van der Waals surface area contributed by atoms with Gasteiger partial charge in [-0.3, -0.25) is 18.8 Å². The second kappa shape index (κ2) is 12.4. The van der Waals surface area contributed by atoms with Crippen LogP contribution in [0, 0.1) is 0 Å². The summed E-state index contributed by atoms with van der Waals surface area (Å²) in [5.74, 6) is -0.909. The molecular formula is C28H29Cl3N4O4S. The summed E-state index contributed by atoms with van der Waals surface area (Å²) in [5.41, 5.74) is 2.42. The molecule has 1 fully saturated rings. The third kappa shape index (κ3) is 6.90. The molecule has 2 amide bonds. The van der Waals surface area contributed by atoms with E-state index in [1.807, 2.05) is 48.5 Å². The van der Waals surface area contributed by atoms with Crippen molar-refractivity contribution in [1.82, 2.24) is 15.5 Å². The van der Waals surface area contributed by atoms with Crippen molar-refractivity contribution in [3.63, 3.8) is 0 Å². The van der Waals surface area contributed by atoms with Crippen LogP contribution in [-0.2, 0) is 14.8 Å². The highest BCUT2D eigenvalue weighted by molar-refractivity contribution is 7.92. The molecule has 12 heteroatoms. The lowest BCUT2D eigenvalue weighted by molar-refractivity contribution is -0.122. The van der Waals surface area contributed by atoms with E-state index >= 15 is 0 Å². The van der Waals surface area contributed by atoms with Crippen LogP contribution < -0.4 is 14.9 Å². The van der Waals surface area contributed by atoms with Crippen molar-refractivity contribution in [2.24, 2.45) is 0 Å². The van der Waals surface area contributed by atoms with Crippen molar-refractivity contribution in [3.05, 3.63) is 98.5 Å². The summed E-state index contributed by atoms with van der Waals surface area (Å²) in [6.45, 7) is 2.39. The van der Waals surface area contributed by atoms with Crippen LogP contribution >= 0.6 is 34.8 Å². The molecule has 0 unspecified atom stereocenters. The van der Waals surface area contributed by atoms with Gasteiger partial charge in [0.05, 0.1) is 24.0 Å². The van der Waals surface area contributed by atoms with Crippen LogP contribution in [-0.4, -0.2) is 63.6 Å². The van der Waals surface area contributed by atoms with E-state index in [0.717, 1.165) is 17.4 Å². The maximum Gasteiger partial charge on any atom is 0.252 e. The molecule has 8 nitrogen and oxygen atoms in total. The summed E-state index contributed by atoms with van der Waals surface area (Å²) in [6.07, 6.45) is 1.12. The van der Waals surface area contributed by atoms with Gasteiger partial charge >= 0.3 is 0 Å². The summed E-state index contributed by atoms with van der Waals surface area (Å²) in [5, 5.41) is 6.50. The van der Waals surface area contributed by atoms with E-state index in [9.17, 15) is 18.0 Å². The molecule has 0 aromatic heterocycles. The van der Waals surface area contributed by atoms with Gasteiger partial charge in [0.25, 0.3) is 5.91 Å². The Kier molecular flexibility index (Phi) is 9.32. The minimum Gasteiger partial charge on any atom is -0.357 e. The third-order valence-electron chi connectivity index (χ3n) is 6.70. The maximum atomic E-state index is 13.0. The fourth-order valence-electron chi connectivity index (χ4n) is 4.82. The Bertz CT molecular complexity index is 1450. The molecule has 0 bridgehead atoms. The van der Waals surface area contributed by atoms with Crippen LogP contribution in [0.3, 0.4) is 0 Å². The van der Waals surface area contributed by atoms with Gasteiger partial charge in [-0.25, -0.2) is 8.42 Å². The molecule has 212 valence electrons. The second-order valence-corrected chi connectivity index (χ2v) is 12.8. The van der Waals surface area contributed by atoms with E-state index in [0.29, 0.717) is 23.1 Å². The summed E-state index contributed by atoms with van der Waals surface area (Å²) in [7, 11) is -2.28. The Balaban J connectivity index is 1.62.